The number of nitrogens with zero attached hydrogens (tertiary/aromatic N) is 2. The fourth-order valence-corrected chi connectivity index (χ4v) is 1.38. The molecule has 5 heteroatoms. The first-order valence-corrected chi connectivity index (χ1v) is 5.22. The summed E-state index contributed by atoms with van der Waals surface area (Å²) in [5, 5.41) is 9.27. The van der Waals surface area contributed by atoms with E-state index in [1.807, 2.05) is 6.92 Å². The molecule has 0 saturated carbocycles. The van der Waals surface area contributed by atoms with Gasteiger partial charge in [-0.3, -0.25) is 9.13 Å². The van der Waals surface area contributed by atoms with Crippen molar-refractivity contribution in [2.24, 2.45) is 0 Å². The van der Waals surface area contributed by atoms with Crippen LogP contribution in [0.5, 0.6) is 0 Å². The highest BCUT2D eigenvalue weighted by Crippen LogP contribution is 1.94. The van der Waals surface area contributed by atoms with E-state index in [0.717, 1.165) is 6.42 Å². The zero-order valence-electron chi connectivity index (χ0n) is 8.19. The summed E-state index contributed by atoms with van der Waals surface area (Å²) in [5.74, 6) is 0.144. The molecule has 0 aliphatic heterocycles. The Kier molecular flexibility index (Phi) is 4.22. The molecule has 14 heavy (non-hydrogen) atoms. The lowest BCUT2D eigenvalue weighted by Crippen LogP contribution is -2.29. The Balaban J connectivity index is 2.74. The molecule has 0 aliphatic carbocycles. The van der Waals surface area contributed by atoms with Crippen LogP contribution in [0, 0.1) is 0 Å². The number of aryl methyl sites for hydroxylation is 1. The van der Waals surface area contributed by atoms with Gasteiger partial charge in [-0.2, -0.15) is 0 Å². The zero-order chi connectivity index (χ0) is 10.6. The zero-order valence-corrected chi connectivity index (χ0v) is 8.94. The number of aromatic nitrogens is 2. The molecule has 1 N–H and O–H groups in total. The molecule has 0 fully saturated rings. The van der Waals surface area contributed by atoms with Gasteiger partial charge in [0.2, 0.25) is 0 Å². The van der Waals surface area contributed by atoms with Crippen LogP contribution in [0.25, 0.3) is 0 Å². The molecule has 0 aliphatic rings. The molecule has 0 aromatic carbocycles. The van der Waals surface area contributed by atoms with Gasteiger partial charge in [-0.15, -0.1) is 11.6 Å². The quantitative estimate of drug-likeness (QED) is 0.739. The van der Waals surface area contributed by atoms with Crippen molar-refractivity contribution in [2.75, 3.05) is 5.88 Å². The second kappa shape index (κ2) is 5.22. The maximum atomic E-state index is 11.6. The summed E-state index contributed by atoms with van der Waals surface area (Å²) in [5.41, 5.74) is -0.0870. The lowest BCUT2D eigenvalue weighted by atomic mass is 10.4. The minimum absolute atomic E-state index is 0.0870. The van der Waals surface area contributed by atoms with Crippen LogP contribution >= 0.6 is 11.6 Å². The molecule has 0 bridgehead atoms. The fourth-order valence-electron chi connectivity index (χ4n) is 1.28. The second-order valence-electron chi connectivity index (χ2n) is 3.23. The average Bonchev–Trinajstić information content (AvgIpc) is 2.50. The lowest BCUT2D eigenvalue weighted by molar-refractivity contribution is 0.175. The Morgan fingerprint density at radius 1 is 1.50 bits per heavy atom. The van der Waals surface area contributed by atoms with E-state index in [1.165, 1.54) is 4.57 Å². The van der Waals surface area contributed by atoms with Crippen LogP contribution in [0.15, 0.2) is 17.2 Å². The molecule has 1 aromatic heterocycles. The van der Waals surface area contributed by atoms with E-state index in [4.69, 9.17) is 11.6 Å². The van der Waals surface area contributed by atoms with Crippen molar-refractivity contribution >= 4 is 11.6 Å². The Bertz CT molecular complexity index is 332. The normalized spacial score (nSPS) is 13.1. The van der Waals surface area contributed by atoms with Crippen LogP contribution in [0.2, 0.25) is 0 Å². The lowest BCUT2D eigenvalue weighted by Gasteiger charge is -2.05. The van der Waals surface area contributed by atoms with Crippen LogP contribution in [0.3, 0.4) is 0 Å². The Morgan fingerprint density at radius 2 is 2.14 bits per heavy atom. The average molecular weight is 219 g/mol. The number of imidazole rings is 1. The maximum absolute atomic E-state index is 11.6. The number of aliphatic hydroxyl groups is 1. The first-order chi connectivity index (χ1) is 6.69. The molecule has 0 saturated heterocycles. The van der Waals surface area contributed by atoms with Gasteiger partial charge in [0.25, 0.3) is 0 Å². The Labute approximate surface area is 87.7 Å². The molecule has 0 radical (unpaired) electrons. The highest BCUT2D eigenvalue weighted by Gasteiger charge is 2.07. The van der Waals surface area contributed by atoms with Gasteiger partial charge in [0.05, 0.1) is 18.5 Å². The molecule has 1 heterocycles. The predicted molar refractivity (Wildman–Crippen MR) is 55.7 cm³/mol. The van der Waals surface area contributed by atoms with E-state index in [-0.39, 0.29) is 18.1 Å². The van der Waals surface area contributed by atoms with Crippen LogP contribution in [0.1, 0.15) is 13.3 Å². The first-order valence-electron chi connectivity index (χ1n) is 4.68. The molecule has 1 unspecified atom stereocenters. The van der Waals surface area contributed by atoms with Gasteiger partial charge >= 0.3 is 5.69 Å². The summed E-state index contributed by atoms with van der Waals surface area (Å²) < 4.78 is 3.10. The molecule has 4 nitrogen and oxygen atoms in total. The molecular weight excluding hydrogens is 204 g/mol. The standard InChI is InChI=1S/C9H15ClN2O2/c1-2-3-11-4-5-12(9(11)14)7-8(13)6-10/h4-5,8,13H,2-3,6-7H2,1H3. The third-order valence-electron chi connectivity index (χ3n) is 1.97. The molecule has 0 amide bonds. The highest BCUT2D eigenvalue weighted by atomic mass is 35.5. The van der Waals surface area contributed by atoms with Gasteiger partial charge in [-0.25, -0.2) is 4.79 Å². The number of hydrogen-bond acceptors (Lipinski definition) is 2. The smallest absolute Gasteiger partial charge is 0.328 e. The Morgan fingerprint density at radius 3 is 2.71 bits per heavy atom. The summed E-state index contributed by atoms with van der Waals surface area (Å²) in [6, 6.07) is 0. The van der Waals surface area contributed by atoms with Crippen molar-refractivity contribution in [3.05, 3.63) is 22.9 Å². The number of alkyl halides is 1. The first kappa shape index (κ1) is 11.3. The van der Waals surface area contributed by atoms with E-state index >= 15 is 0 Å². The molecular formula is C9H15ClN2O2. The number of hydrogen-bond donors (Lipinski definition) is 1. The van der Waals surface area contributed by atoms with Crippen molar-refractivity contribution in [2.45, 2.75) is 32.5 Å². The molecule has 80 valence electrons. The topological polar surface area (TPSA) is 47.2 Å². The second-order valence-corrected chi connectivity index (χ2v) is 3.54. The van der Waals surface area contributed by atoms with Crippen LogP contribution in [-0.2, 0) is 13.1 Å². The van der Waals surface area contributed by atoms with Crippen LogP contribution in [-0.4, -0.2) is 26.2 Å². The van der Waals surface area contributed by atoms with Crippen molar-refractivity contribution in [3.8, 4) is 0 Å². The number of halogens is 1. The van der Waals surface area contributed by atoms with Crippen LogP contribution in [0.4, 0.5) is 0 Å². The summed E-state index contributed by atoms with van der Waals surface area (Å²) in [6.07, 6.45) is 3.66. The summed E-state index contributed by atoms with van der Waals surface area (Å²) in [7, 11) is 0. The van der Waals surface area contributed by atoms with Gasteiger partial charge < -0.3 is 5.11 Å². The largest absolute Gasteiger partial charge is 0.390 e. The summed E-state index contributed by atoms with van der Waals surface area (Å²) in [4.78, 5) is 11.6. The number of rotatable bonds is 5. The predicted octanol–water partition coefficient (Wildman–Crippen LogP) is 0.659. The minimum Gasteiger partial charge on any atom is -0.390 e. The van der Waals surface area contributed by atoms with Gasteiger partial charge in [0.1, 0.15) is 0 Å². The van der Waals surface area contributed by atoms with Gasteiger partial charge in [0.15, 0.2) is 0 Å². The van der Waals surface area contributed by atoms with E-state index in [2.05, 4.69) is 0 Å². The van der Waals surface area contributed by atoms with Gasteiger partial charge in [0, 0.05) is 18.9 Å². The van der Waals surface area contributed by atoms with Gasteiger partial charge in [-0.05, 0) is 6.42 Å². The van der Waals surface area contributed by atoms with Crippen molar-refractivity contribution in [1.29, 1.82) is 0 Å². The summed E-state index contributed by atoms with van der Waals surface area (Å²) in [6.45, 7) is 2.99. The third kappa shape index (κ3) is 2.62. The monoisotopic (exact) mass is 218 g/mol. The Hall–Kier alpha value is -0.740. The van der Waals surface area contributed by atoms with E-state index in [1.54, 1.807) is 17.0 Å². The van der Waals surface area contributed by atoms with Gasteiger partial charge in [-0.1, -0.05) is 6.92 Å². The SMILES string of the molecule is CCCn1ccn(CC(O)CCl)c1=O. The van der Waals surface area contributed by atoms with E-state index in [0.29, 0.717) is 6.54 Å². The molecule has 1 rings (SSSR count). The molecule has 1 aromatic rings. The summed E-state index contributed by atoms with van der Waals surface area (Å²) >= 11 is 5.45. The fraction of sp³-hybridized carbons (Fsp3) is 0.667. The van der Waals surface area contributed by atoms with Crippen molar-refractivity contribution in [1.82, 2.24) is 9.13 Å². The minimum atomic E-state index is -0.660. The molecule has 0 spiro atoms. The maximum Gasteiger partial charge on any atom is 0.328 e. The van der Waals surface area contributed by atoms with Crippen molar-refractivity contribution in [3.63, 3.8) is 0 Å². The van der Waals surface area contributed by atoms with E-state index < -0.39 is 6.10 Å². The van der Waals surface area contributed by atoms with Crippen LogP contribution < -0.4 is 5.69 Å². The third-order valence-corrected chi connectivity index (χ3v) is 2.32. The van der Waals surface area contributed by atoms with E-state index in [9.17, 15) is 9.90 Å². The molecule has 1 atom stereocenters. The number of aliphatic hydroxyl groups excluding tert-OH is 1. The van der Waals surface area contributed by atoms with Crippen molar-refractivity contribution < 1.29 is 5.11 Å². The highest BCUT2D eigenvalue weighted by molar-refractivity contribution is 6.18.